The van der Waals surface area contributed by atoms with Gasteiger partial charge < -0.3 is 40.6 Å². The number of aliphatic imine (C=N–C) groups is 2. The van der Waals surface area contributed by atoms with Gasteiger partial charge in [-0.3, -0.25) is 19.6 Å². The lowest BCUT2D eigenvalue weighted by Gasteiger charge is -2.22. The number of aliphatic hydroxyl groups is 2. The molecule has 0 aliphatic heterocycles. The van der Waals surface area contributed by atoms with Gasteiger partial charge in [-0.15, -0.1) is 0 Å². The Hall–Kier alpha value is -4.18. The third kappa shape index (κ3) is 17.1. The van der Waals surface area contributed by atoms with Crippen molar-refractivity contribution in [1.29, 1.82) is 0 Å². The van der Waals surface area contributed by atoms with Gasteiger partial charge in [-0.2, -0.15) is 10.2 Å². The predicted octanol–water partition coefficient (Wildman–Crippen LogP) is 0.537. The molecule has 2 atom stereocenters. The van der Waals surface area contributed by atoms with E-state index in [0.29, 0.717) is 0 Å². The minimum Gasteiger partial charge on any atom is -0.463 e. The van der Waals surface area contributed by atoms with Gasteiger partial charge in [0.2, 0.25) is 0 Å². The maximum Gasteiger partial charge on any atom is 0.333 e. The maximum absolute atomic E-state index is 11.9. The Morgan fingerprint density at radius 3 is 1.25 bits per heavy atom. The van der Waals surface area contributed by atoms with E-state index in [9.17, 15) is 29.4 Å². The topological polar surface area (TPSA) is 247 Å². The molecule has 0 aromatic heterocycles. The molecule has 0 aromatic rings. The van der Waals surface area contributed by atoms with Crippen molar-refractivity contribution in [3.63, 3.8) is 0 Å². The minimum atomic E-state index is -1.19. The van der Waals surface area contributed by atoms with Crippen LogP contribution in [0.4, 0.5) is 0 Å². The Kier molecular flexibility index (Phi) is 17.3. The lowest BCUT2D eigenvalue weighted by atomic mass is 10.0. The number of rotatable bonds is 20. The lowest BCUT2D eigenvalue weighted by molar-refractivity contribution is -0.151. The van der Waals surface area contributed by atoms with Gasteiger partial charge in [0.25, 0.3) is 0 Å². The van der Waals surface area contributed by atoms with Crippen LogP contribution in [0.2, 0.25) is 0 Å². The van der Waals surface area contributed by atoms with Crippen LogP contribution in [0.25, 0.3) is 0 Å². The highest BCUT2D eigenvalue weighted by molar-refractivity contribution is 5.91. The average molecular weight is 627 g/mol. The third-order valence-corrected chi connectivity index (χ3v) is 5.38. The van der Waals surface area contributed by atoms with Gasteiger partial charge in [0.15, 0.2) is 0 Å². The largest absolute Gasteiger partial charge is 0.463 e. The van der Waals surface area contributed by atoms with E-state index in [-0.39, 0.29) is 75.2 Å². The molecule has 248 valence electrons. The van der Waals surface area contributed by atoms with Gasteiger partial charge in [-0.1, -0.05) is 13.2 Å². The summed E-state index contributed by atoms with van der Waals surface area (Å²) in [5, 5.41) is 28.0. The van der Waals surface area contributed by atoms with Crippen LogP contribution in [0.3, 0.4) is 0 Å². The second kappa shape index (κ2) is 19.2. The zero-order valence-electron chi connectivity index (χ0n) is 26.3. The molecule has 2 unspecified atom stereocenters. The molecule has 16 nitrogen and oxygen atoms in total. The zero-order chi connectivity index (χ0) is 34.1. The van der Waals surface area contributed by atoms with Gasteiger partial charge in [0, 0.05) is 11.1 Å². The van der Waals surface area contributed by atoms with Crippen molar-refractivity contribution in [1.82, 2.24) is 0 Å². The van der Waals surface area contributed by atoms with Crippen LogP contribution >= 0.6 is 0 Å². The first-order chi connectivity index (χ1) is 20.3. The minimum absolute atomic E-state index is 0.00980. The van der Waals surface area contributed by atoms with Crippen LogP contribution in [0.15, 0.2) is 44.5 Å². The Morgan fingerprint density at radius 1 is 0.659 bits per heavy atom. The van der Waals surface area contributed by atoms with Crippen molar-refractivity contribution in [3.05, 3.63) is 24.3 Å². The van der Waals surface area contributed by atoms with Crippen molar-refractivity contribution in [3.8, 4) is 0 Å². The second-order valence-electron chi connectivity index (χ2n) is 10.8. The van der Waals surface area contributed by atoms with Crippen molar-refractivity contribution < 1.29 is 48.3 Å². The molecule has 6 N–H and O–H groups in total. The fourth-order valence-corrected chi connectivity index (χ4v) is 2.48. The molecule has 0 saturated carbocycles. The average Bonchev–Trinajstić information content (AvgIpc) is 2.94. The molecule has 0 saturated heterocycles. The number of nitrogens with zero attached hydrogens (tertiary/aromatic N) is 4. The van der Waals surface area contributed by atoms with E-state index in [1.54, 1.807) is 27.7 Å². The molecule has 0 aromatic carbocycles. The van der Waals surface area contributed by atoms with Crippen LogP contribution < -0.4 is 11.5 Å². The summed E-state index contributed by atoms with van der Waals surface area (Å²) in [6.45, 7) is 15.0. The summed E-state index contributed by atoms with van der Waals surface area (Å²) < 4.78 is 19.4. The molecule has 44 heavy (non-hydrogen) atoms. The number of hydrogen-bond donors (Lipinski definition) is 4. The number of hydrogen-bond acceptors (Lipinski definition) is 14. The highest BCUT2D eigenvalue weighted by atomic mass is 16.6. The molecule has 0 heterocycles. The van der Waals surface area contributed by atoms with Gasteiger partial charge in [-0.05, 0) is 41.5 Å². The van der Waals surface area contributed by atoms with Crippen LogP contribution in [-0.4, -0.2) is 109 Å². The summed E-state index contributed by atoms with van der Waals surface area (Å²) in [5.41, 5.74) is 10.4. The number of amidine groups is 2. The Balaban J connectivity index is 4.70. The maximum atomic E-state index is 11.9. The molecule has 0 bridgehead atoms. The van der Waals surface area contributed by atoms with Crippen LogP contribution in [0.1, 0.15) is 54.4 Å². The monoisotopic (exact) mass is 626 g/mol. The van der Waals surface area contributed by atoms with E-state index < -0.39 is 47.2 Å². The number of aliphatic hydroxyl groups excluding tert-OH is 2. The first-order valence-electron chi connectivity index (χ1n) is 13.7. The molecule has 0 amide bonds. The van der Waals surface area contributed by atoms with Crippen LogP contribution in [0.5, 0.6) is 0 Å². The molecule has 0 aliphatic carbocycles. The molecular formula is C28H46N6O10. The summed E-state index contributed by atoms with van der Waals surface area (Å²) in [6.07, 6.45) is -2.62. The van der Waals surface area contributed by atoms with Gasteiger partial charge in [-0.25, -0.2) is 9.59 Å². The highest BCUT2D eigenvalue weighted by Crippen LogP contribution is 2.17. The molecule has 0 spiro atoms. The molecule has 0 rings (SSSR count). The van der Waals surface area contributed by atoms with Crippen molar-refractivity contribution in [2.45, 2.75) is 77.7 Å². The summed E-state index contributed by atoms with van der Waals surface area (Å²) in [5.74, 6) is -2.42. The predicted molar refractivity (Wildman–Crippen MR) is 161 cm³/mol. The second-order valence-corrected chi connectivity index (χ2v) is 10.8. The summed E-state index contributed by atoms with van der Waals surface area (Å²) in [6, 6.07) is 0. The highest BCUT2D eigenvalue weighted by Gasteiger charge is 2.27. The number of azo groups is 1. The SMILES string of the molecule is C=C(C)C(=O)OCC(O)COC(=O)CCN=C(N)C(C)(C)N=NC(C)(C)C(N)=NCCC(=O)OCC(O)COC(=O)C(=C)C. The van der Waals surface area contributed by atoms with Gasteiger partial charge >= 0.3 is 23.9 Å². The van der Waals surface area contributed by atoms with Gasteiger partial charge in [0.05, 0.1) is 25.9 Å². The van der Waals surface area contributed by atoms with Crippen molar-refractivity contribution in [2.24, 2.45) is 31.7 Å². The van der Waals surface area contributed by atoms with E-state index >= 15 is 0 Å². The van der Waals surface area contributed by atoms with Gasteiger partial charge in [0.1, 0.15) is 61.4 Å². The van der Waals surface area contributed by atoms with Crippen molar-refractivity contribution >= 4 is 35.5 Å². The standard InChI is InChI=1S/C28H46N6O10/c1-17(2)23(39)43-15-19(35)13-41-21(37)9-11-31-25(29)27(5,6)33-34-28(7,8)26(30)32-12-10-22(38)42-14-20(36)16-44-24(40)18(3)4/h19-20,35-36H,1,3,9-16H2,2,4-8H3,(H2,29,31)(H2,30,32). The van der Waals surface area contributed by atoms with E-state index in [1.165, 1.54) is 13.8 Å². The van der Waals surface area contributed by atoms with Crippen LogP contribution in [0, 0.1) is 0 Å². The molecule has 0 aliphatic rings. The quantitative estimate of drug-likeness (QED) is 0.0361. The first kappa shape index (κ1) is 39.8. The molecule has 16 heteroatoms. The number of nitrogens with two attached hydrogens (primary N) is 2. The number of ether oxygens (including phenoxy) is 4. The fraction of sp³-hybridized carbons (Fsp3) is 0.643. The first-order valence-corrected chi connectivity index (χ1v) is 13.7. The zero-order valence-corrected chi connectivity index (χ0v) is 26.3. The number of carbonyl (C=O) groups is 4. The normalized spacial score (nSPS) is 14.0. The van der Waals surface area contributed by atoms with E-state index in [4.69, 9.17) is 30.4 Å². The Labute approximate surface area is 257 Å². The number of carbonyl (C=O) groups excluding carboxylic acids is 4. The smallest absolute Gasteiger partial charge is 0.333 e. The summed E-state index contributed by atoms with van der Waals surface area (Å²) >= 11 is 0. The molecule has 0 fully saturated rings. The Bertz CT molecular complexity index is 1040. The third-order valence-electron chi connectivity index (χ3n) is 5.38. The summed E-state index contributed by atoms with van der Waals surface area (Å²) in [7, 11) is 0. The number of esters is 4. The van der Waals surface area contributed by atoms with E-state index in [1.807, 2.05) is 0 Å². The van der Waals surface area contributed by atoms with E-state index in [2.05, 4.69) is 33.4 Å². The van der Waals surface area contributed by atoms with Crippen LogP contribution in [-0.2, 0) is 38.1 Å². The fourth-order valence-electron chi connectivity index (χ4n) is 2.48. The van der Waals surface area contributed by atoms with E-state index in [0.717, 1.165) is 0 Å². The Morgan fingerprint density at radius 2 is 0.955 bits per heavy atom. The lowest BCUT2D eigenvalue weighted by Crippen LogP contribution is -2.40. The molecular weight excluding hydrogens is 580 g/mol. The molecule has 0 radical (unpaired) electrons. The van der Waals surface area contributed by atoms with Crippen molar-refractivity contribution in [2.75, 3.05) is 39.5 Å². The summed E-state index contributed by atoms with van der Waals surface area (Å²) in [4.78, 5) is 54.8.